The summed E-state index contributed by atoms with van der Waals surface area (Å²) in [6, 6.07) is 2.46. The fraction of sp³-hybridized carbons (Fsp3) is 0.778. The van der Waals surface area contributed by atoms with Crippen LogP contribution < -0.4 is 0 Å². The molecule has 136 valence electrons. The van der Waals surface area contributed by atoms with E-state index in [1.165, 1.54) is 0 Å². The summed E-state index contributed by atoms with van der Waals surface area (Å²) < 4.78 is 5.23. The summed E-state index contributed by atoms with van der Waals surface area (Å²) in [6.45, 7) is 3.13. The van der Waals surface area contributed by atoms with Crippen molar-refractivity contribution in [1.82, 2.24) is 19.9 Å². The first-order valence-electron chi connectivity index (χ1n) is 9.34. The molecule has 1 aliphatic heterocycles. The molecule has 1 aromatic rings. The number of aromatic nitrogens is 2. The van der Waals surface area contributed by atoms with Crippen LogP contribution in [-0.2, 0) is 11.2 Å². The van der Waals surface area contributed by atoms with Gasteiger partial charge in [-0.05, 0) is 32.2 Å². The second-order valence-corrected chi connectivity index (χ2v) is 7.19. The van der Waals surface area contributed by atoms with Crippen molar-refractivity contribution in [2.45, 2.75) is 69.9 Å². The van der Waals surface area contributed by atoms with E-state index < -0.39 is 5.54 Å². The van der Waals surface area contributed by atoms with Crippen LogP contribution in [0.15, 0.2) is 4.52 Å². The third-order valence-electron chi connectivity index (χ3n) is 5.69. The van der Waals surface area contributed by atoms with Gasteiger partial charge in [0.05, 0.1) is 18.7 Å². The topological polar surface area (TPSA) is 86.3 Å². The van der Waals surface area contributed by atoms with Crippen molar-refractivity contribution >= 4 is 5.91 Å². The van der Waals surface area contributed by atoms with Crippen molar-refractivity contribution < 1.29 is 9.32 Å². The lowest BCUT2D eigenvalue weighted by Crippen LogP contribution is -2.52. The van der Waals surface area contributed by atoms with E-state index in [2.05, 4.69) is 21.1 Å². The van der Waals surface area contributed by atoms with E-state index in [1.54, 1.807) is 11.9 Å². The average molecular weight is 345 g/mol. The summed E-state index contributed by atoms with van der Waals surface area (Å²) in [7, 11) is 1.78. The third kappa shape index (κ3) is 3.54. The first-order valence-corrected chi connectivity index (χ1v) is 9.34. The molecule has 0 radical (unpaired) electrons. The molecule has 1 aliphatic carbocycles. The van der Waals surface area contributed by atoms with Gasteiger partial charge in [0.25, 0.3) is 0 Å². The highest BCUT2D eigenvalue weighted by atomic mass is 16.5. The molecule has 1 atom stereocenters. The quantitative estimate of drug-likeness (QED) is 0.815. The number of likely N-dealkylation sites (N-methyl/N-ethyl adjacent to an activating group) is 1. The van der Waals surface area contributed by atoms with E-state index in [9.17, 15) is 10.1 Å². The Bertz CT molecular complexity index is 644. The normalized spacial score (nSPS) is 23.3. The number of likely N-dealkylation sites (tertiary alicyclic amines) is 1. The highest BCUT2D eigenvalue weighted by molar-refractivity contribution is 5.79. The van der Waals surface area contributed by atoms with Gasteiger partial charge < -0.3 is 9.42 Å². The molecule has 25 heavy (non-hydrogen) atoms. The fourth-order valence-corrected chi connectivity index (χ4v) is 4.03. The SMILES string of the molecule is CCc1nc([C@H]2CCCN2CC(=O)N(C)C2(C#N)CCCCC2)no1. The van der Waals surface area contributed by atoms with Crippen LogP contribution in [-0.4, -0.2) is 51.5 Å². The second-order valence-electron chi connectivity index (χ2n) is 7.19. The van der Waals surface area contributed by atoms with Crippen LogP contribution in [0, 0.1) is 11.3 Å². The maximum Gasteiger partial charge on any atom is 0.237 e. The molecule has 0 N–H and O–H groups in total. The number of carbonyl (C=O) groups excluding carboxylic acids is 1. The monoisotopic (exact) mass is 345 g/mol. The van der Waals surface area contributed by atoms with Gasteiger partial charge in [0.2, 0.25) is 11.8 Å². The number of hydrogen-bond donors (Lipinski definition) is 0. The van der Waals surface area contributed by atoms with Crippen molar-refractivity contribution in [3.05, 3.63) is 11.7 Å². The van der Waals surface area contributed by atoms with E-state index in [-0.39, 0.29) is 11.9 Å². The Morgan fingerprint density at radius 3 is 2.80 bits per heavy atom. The molecule has 1 saturated heterocycles. The zero-order valence-corrected chi connectivity index (χ0v) is 15.2. The molecule has 2 aliphatic rings. The number of carbonyl (C=O) groups is 1. The molecule has 1 aromatic heterocycles. The maximum atomic E-state index is 12.9. The molecule has 0 bridgehead atoms. The van der Waals surface area contributed by atoms with Gasteiger partial charge in [0, 0.05) is 13.5 Å². The van der Waals surface area contributed by atoms with Gasteiger partial charge >= 0.3 is 0 Å². The zero-order chi connectivity index (χ0) is 17.9. The molecule has 7 heteroatoms. The lowest BCUT2D eigenvalue weighted by atomic mass is 9.81. The molecular weight excluding hydrogens is 318 g/mol. The van der Waals surface area contributed by atoms with Crippen LogP contribution in [0.1, 0.15) is 69.6 Å². The highest BCUT2D eigenvalue weighted by Crippen LogP contribution is 2.34. The van der Waals surface area contributed by atoms with Gasteiger partial charge in [-0.1, -0.05) is 31.3 Å². The van der Waals surface area contributed by atoms with Crippen LogP contribution in [0.5, 0.6) is 0 Å². The maximum absolute atomic E-state index is 12.9. The Hall–Kier alpha value is -1.94. The van der Waals surface area contributed by atoms with Gasteiger partial charge in [-0.25, -0.2) is 0 Å². The molecule has 0 unspecified atom stereocenters. The third-order valence-corrected chi connectivity index (χ3v) is 5.69. The summed E-state index contributed by atoms with van der Waals surface area (Å²) in [4.78, 5) is 21.1. The van der Waals surface area contributed by atoms with Gasteiger partial charge in [0.1, 0.15) is 5.54 Å². The van der Waals surface area contributed by atoms with Crippen molar-refractivity contribution in [1.29, 1.82) is 5.26 Å². The number of nitrogens with zero attached hydrogens (tertiary/aromatic N) is 5. The minimum absolute atomic E-state index is 0.00885. The van der Waals surface area contributed by atoms with Crippen molar-refractivity contribution in [3.63, 3.8) is 0 Å². The molecule has 3 rings (SSSR count). The zero-order valence-electron chi connectivity index (χ0n) is 15.2. The number of rotatable bonds is 5. The second kappa shape index (κ2) is 7.52. The molecule has 0 aromatic carbocycles. The van der Waals surface area contributed by atoms with Gasteiger partial charge in [0.15, 0.2) is 5.82 Å². The Kier molecular flexibility index (Phi) is 5.38. The molecule has 7 nitrogen and oxygen atoms in total. The largest absolute Gasteiger partial charge is 0.339 e. The predicted molar refractivity (Wildman–Crippen MR) is 91.4 cm³/mol. The first-order chi connectivity index (χ1) is 12.1. The van der Waals surface area contributed by atoms with Gasteiger partial charge in [-0.3, -0.25) is 9.69 Å². The minimum Gasteiger partial charge on any atom is -0.339 e. The summed E-state index contributed by atoms with van der Waals surface area (Å²) in [5, 5.41) is 13.8. The van der Waals surface area contributed by atoms with E-state index in [0.717, 1.165) is 51.5 Å². The van der Waals surface area contributed by atoms with Crippen molar-refractivity contribution in [2.24, 2.45) is 0 Å². The van der Waals surface area contributed by atoms with Crippen LogP contribution in [0.25, 0.3) is 0 Å². The Balaban J connectivity index is 1.67. The molecule has 2 heterocycles. The average Bonchev–Trinajstić information content (AvgIpc) is 3.30. The summed E-state index contributed by atoms with van der Waals surface area (Å²) in [5.41, 5.74) is -0.633. The standard InChI is InChI=1S/C18H27N5O2/c1-3-15-20-17(21-25-15)14-8-7-11-23(14)12-16(24)22(2)18(13-19)9-5-4-6-10-18/h14H,3-12H2,1-2H3/t14-/m1/s1. The van der Waals surface area contributed by atoms with E-state index in [1.807, 2.05) is 6.92 Å². The summed E-state index contributed by atoms with van der Waals surface area (Å²) in [5.74, 6) is 1.32. The molecule has 0 spiro atoms. The Labute approximate surface area is 149 Å². The molecular formula is C18H27N5O2. The first kappa shape index (κ1) is 17.9. The van der Waals surface area contributed by atoms with Crippen LogP contribution in [0.3, 0.4) is 0 Å². The number of amides is 1. The van der Waals surface area contributed by atoms with E-state index in [0.29, 0.717) is 24.7 Å². The minimum atomic E-state index is -0.633. The highest BCUT2D eigenvalue weighted by Gasteiger charge is 2.40. The predicted octanol–water partition coefficient (Wildman–Crippen LogP) is 2.45. The summed E-state index contributed by atoms with van der Waals surface area (Å²) >= 11 is 0. The lowest BCUT2D eigenvalue weighted by Gasteiger charge is -2.39. The lowest BCUT2D eigenvalue weighted by molar-refractivity contribution is -0.136. The molecule has 2 fully saturated rings. The fourth-order valence-electron chi connectivity index (χ4n) is 4.03. The number of aryl methyl sites for hydroxylation is 1. The van der Waals surface area contributed by atoms with Crippen molar-refractivity contribution in [3.8, 4) is 6.07 Å². The molecule has 1 saturated carbocycles. The van der Waals surface area contributed by atoms with Crippen LogP contribution in [0.4, 0.5) is 0 Å². The Morgan fingerprint density at radius 2 is 2.16 bits per heavy atom. The van der Waals surface area contributed by atoms with Crippen LogP contribution in [0.2, 0.25) is 0 Å². The summed E-state index contributed by atoms with van der Waals surface area (Å²) in [6.07, 6.45) is 7.40. The number of nitriles is 1. The smallest absolute Gasteiger partial charge is 0.237 e. The van der Waals surface area contributed by atoms with Gasteiger partial charge in [-0.15, -0.1) is 0 Å². The van der Waals surface area contributed by atoms with Gasteiger partial charge in [-0.2, -0.15) is 10.2 Å². The molecule has 1 amide bonds. The van der Waals surface area contributed by atoms with Crippen LogP contribution >= 0.6 is 0 Å². The van der Waals surface area contributed by atoms with Crippen molar-refractivity contribution in [2.75, 3.05) is 20.1 Å². The number of hydrogen-bond acceptors (Lipinski definition) is 6. The Morgan fingerprint density at radius 1 is 1.40 bits per heavy atom. The van der Waals surface area contributed by atoms with E-state index >= 15 is 0 Å². The van der Waals surface area contributed by atoms with E-state index in [4.69, 9.17) is 4.52 Å².